The Hall–Kier alpha value is -1.01. The number of carbonyl (C=O) groups excluding carboxylic acids is 2. The van der Waals surface area contributed by atoms with Crippen molar-refractivity contribution >= 4 is 35.9 Å². The maximum absolute atomic E-state index is 11.6. The Kier molecular flexibility index (Phi) is 5.50. The molecule has 1 heterocycles. The minimum Gasteiger partial charge on any atom is -0.462 e. The lowest BCUT2D eigenvalue weighted by Crippen LogP contribution is -2.09. The van der Waals surface area contributed by atoms with E-state index in [9.17, 15) is 9.59 Å². The van der Waals surface area contributed by atoms with Crippen molar-refractivity contribution in [1.82, 2.24) is 0 Å². The van der Waals surface area contributed by atoms with Gasteiger partial charge < -0.3 is 9.47 Å². The van der Waals surface area contributed by atoms with Crippen LogP contribution in [0.2, 0.25) is 0 Å². The molecule has 0 bridgehead atoms. The molecule has 6 heteroatoms. The van der Waals surface area contributed by atoms with Crippen molar-refractivity contribution in [3.63, 3.8) is 0 Å². The first-order valence-electron chi connectivity index (χ1n) is 5.21. The highest BCUT2D eigenvalue weighted by Crippen LogP contribution is 2.26. The highest BCUT2D eigenvalue weighted by Gasteiger charge is 2.22. The minimum atomic E-state index is -0.427. The van der Waals surface area contributed by atoms with E-state index >= 15 is 0 Å². The maximum atomic E-state index is 11.6. The summed E-state index contributed by atoms with van der Waals surface area (Å²) in [4.78, 5) is 23.7. The van der Waals surface area contributed by atoms with Gasteiger partial charge in [-0.1, -0.05) is 0 Å². The number of esters is 2. The van der Waals surface area contributed by atoms with Crippen LogP contribution in [0.1, 0.15) is 39.4 Å². The number of rotatable bonds is 5. The van der Waals surface area contributed by atoms with Crippen molar-refractivity contribution in [2.24, 2.45) is 0 Å². The number of thiophene rings is 1. The third kappa shape index (κ3) is 3.23. The second-order valence-corrected chi connectivity index (χ2v) is 4.25. The summed E-state index contributed by atoms with van der Waals surface area (Å²) in [5.41, 5.74) is 0.977. The van der Waals surface area contributed by atoms with Crippen LogP contribution in [0.25, 0.3) is 0 Å². The van der Waals surface area contributed by atoms with Crippen molar-refractivity contribution in [2.75, 3.05) is 13.2 Å². The largest absolute Gasteiger partial charge is 0.462 e. The molecular formula is C11H14O4S2. The predicted octanol–water partition coefficient (Wildman–Crippen LogP) is 2.53. The average molecular weight is 274 g/mol. The molecule has 0 radical (unpaired) electrons. The summed E-state index contributed by atoms with van der Waals surface area (Å²) >= 11 is 5.31. The monoisotopic (exact) mass is 274 g/mol. The SMILES string of the molecule is CCOC(=O)c1csc(C(=O)OCC)c1CS. The number of thiol groups is 1. The third-order valence-electron chi connectivity index (χ3n) is 2.01. The Morgan fingerprint density at radius 1 is 1.24 bits per heavy atom. The van der Waals surface area contributed by atoms with Gasteiger partial charge in [0.1, 0.15) is 4.88 Å². The molecule has 0 aliphatic heterocycles. The summed E-state index contributed by atoms with van der Waals surface area (Å²) in [5, 5.41) is 1.61. The fraction of sp³-hybridized carbons (Fsp3) is 0.455. The first-order chi connectivity index (χ1) is 8.15. The van der Waals surface area contributed by atoms with E-state index in [1.165, 1.54) is 11.3 Å². The standard InChI is InChI=1S/C11H14O4S2/c1-3-14-10(12)8-6-17-9(7(8)5-16)11(13)15-4-2/h6,16H,3-5H2,1-2H3. The zero-order valence-electron chi connectivity index (χ0n) is 9.69. The molecule has 0 aliphatic rings. The molecule has 1 aromatic heterocycles. The highest BCUT2D eigenvalue weighted by molar-refractivity contribution is 7.79. The molecule has 4 nitrogen and oxygen atoms in total. The van der Waals surface area contributed by atoms with E-state index < -0.39 is 11.9 Å². The van der Waals surface area contributed by atoms with Gasteiger partial charge in [-0.15, -0.1) is 11.3 Å². The van der Waals surface area contributed by atoms with Gasteiger partial charge in [0.25, 0.3) is 0 Å². The lowest BCUT2D eigenvalue weighted by atomic mass is 10.2. The van der Waals surface area contributed by atoms with E-state index in [1.54, 1.807) is 19.2 Å². The summed E-state index contributed by atoms with van der Waals surface area (Å²) in [6.07, 6.45) is 0. The highest BCUT2D eigenvalue weighted by atomic mass is 32.1. The zero-order valence-corrected chi connectivity index (χ0v) is 11.4. The third-order valence-corrected chi connectivity index (χ3v) is 3.33. The Bertz CT molecular complexity index is 376. The van der Waals surface area contributed by atoms with E-state index in [-0.39, 0.29) is 0 Å². The predicted molar refractivity (Wildman–Crippen MR) is 68.9 cm³/mol. The Balaban J connectivity index is 3.02. The molecule has 0 spiro atoms. The lowest BCUT2D eigenvalue weighted by Gasteiger charge is -2.04. The molecule has 1 aromatic rings. The molecule has 0 N–H and O–H groups in total. The number of carbonyl (C=O) groups is 2. The molecule has 0 aliphatic carbocycles. The van der Waals surface area contributed by atoms with Crippen LogP contribution in [-0.2, 0) is 15.2 Å². The van der Waals surface area contributed by atoms with Gasteiger partial charge in [0.15, 0.2) is 0 Å². The number of hydrogen-bond donors (Lipinski definition) is 1. The quantitative estimate of drug-likeness (QED) is 0.662. The van der Waals surface area contributed by atoms with Crippen molar-refractivity contribution in [1.29, 1.82) is 0 Å². The van der Waals surface area contributed by atoms with E-state index in [2.05, 4.69) is 12.6 Å². The Morgan fingerprint density at radius 2 is 1.82 bits per heavy atom. The van der Waals surface area contributed by atoms with Gasteiger partial charge in [0.05, 0.1) is 18.8 Å². The van der Waals surface area contributed by atoms with Crippen LogP contribution < -0.4 is 0 Å². The zero-order chi connectivity index (χ0) is 12.8. The van der Waals surface area contributed by atoms with Crippen LogP contribution >= 0.6 is 24.0 Å². The molecule has 17 heavy (non-hydrogen) atoms. The summed E-state index contributed by atoms with van der Waals surface area (Å²) in [5.74, 6) is -0.549. The first kappa shape index (κ1) is 14.1. The van der Waals surface area contributed by atoms with Gasteiger partial charge in [-0.3, -0.25) is 0 Å². The van der Waals surface area contributed by atoms with Gasteiger partial charge in [0.2, 0.25) is 0 Å². The van der Waals surface area contributed by atoms with Gasteiger partial charge in [-0.05, 0) is 13.8 Å². The minimum absolute atomic E-state index is 0.297. The fourth-order valence-corrected chi connectivity index (χ4v) is 2.68. The Labute approximate surface area is 109 Å². The molecule has 0 unspecified atom stereocenters. The molecule has 0 amide bonds. The van der Waals surface area contributed by atoms with E-state index in [4.69, 9.17) is 9.47 Å². The van der Waals surface area contributed by atoms with Crippen molar-refractivity contribution in [3.8, 4) is 0 Å². The summed E-state index contributed by atoms with van der Waals surface area (Å²) in [7, 11) is 0. The average Bonchev–Trinajstić information content (AvgIpc) is 2.73. The lowest BCUT2D eigenvalue weighted by molar-refractivity contribution is 0.0526. The molecular weight excluding hydrogens is 260 g/mol. The van der Waals surface area contributed by atoms with Crippen molar-refractivity contribution in [2.45, 2.75) is 19.6 Å². The molecule has 0 fully saturated rings. The van der Waals surface area contributed by atoms with Gasteiger partial charge in [-0.25, -0.2) is 9.59 Å². The second kappa shape index (κ2) is 6.66. The Morgan fingerprint density at radius 3 is 2.35 bits per heavy atom. The van der Waals surface area contributed by atoms with Gasteiger partial charge >= 0.3 is 11.9 Å². The van der Waals surface area contributed by atoms with Gasteiger partial charge in [-0.2, -0.15) is 12.6 Å². The molecule has 0 saturated heterocycles. The normalized spacial score (nSPS) is 10.1. The van der Waals surface area contributed by atoms with Crippen LogP contribution in [0, 0.1) is 0 Å². The molecule has 0 aromatic carbocycles. The molecule has 0 atom stereocenters. The fourth-order valence-electron chi connectivity index (χ4n) is 1.29. The van der Waals surface area contributed by atoms with Crippen LogP contribution in [-0.4, -0.2) is 25.2 Å². The van der Waals surface area contributed by atoms with Crippen LogP contribution in [0.3, 0.4) is 0 Å². The first-order valence-corrected chi connectivity index (χ1v) is 6.72. The van der Waals surface area contributed by atoms with Crippen LogP contribution in [0.4, 0.5) is 0 Å². The van der Waals surface area contributed by atoms with E-state index in [1.807, 2.05) is 0 Å². The van der Waals surface area contributed by atoms with Crippen LogP contribution in [0.15, 0.2) is 5.38 Å². The van der Waals surface area contributed by atoms with E-state index in [0.29, 0.717) is 35.0 Å². The summed E-state index contributed by atoms with van der Waals surface area (Å²) < 4.78 is 9.81. The van der Waals surface area contributed by atoms with Gasteiger partial charge in [0, 0.05) is 16.7 Å². The number of hydrogen-bond acceptors (Lipinski definition) is 6. The molecule has 94 valence electrons. The topological polar surface area (TPSA) is 52.6 Å². The smallest absolute Gasteiger partial charge is 0.348 e. The van der Waals surface area contributed by atoms with E-state index in [0.717, 1.165) is 0 Å². The van der Waals surface area contributed by atoms with Crippen LogP contribution in [0.5, 0.6) is 0 Å². The summed E-state index contributed by atoms with van der Waals surface area (Å²) in [6.45, 7) is 4.07. The van der Waals surface area contributed by atoms with Crippen molar-refractivity contribution in [3.05, 3.63) is 21.4 Å². The van der Waals surface area contributed by atoms with Crippen molar-refractivity contribution < 1.29 is 19.1 Å². The molecule has 0 saturated carbocycles. The second-order valence-electron chi connectivity index (χ2n) is 3.06. The molecule has 1 rings (SSSR count). The number of ether oxygens (including phenoxy) is 2. The summed E-state index contributed by atoms with van der Waals surface area (Å²) in [6, 6.07) is 0. The maximum Gasteiger partial charge on any atom is 0.348 e.